The first kappa shape index (κ1) is 20.4. The van der Waals surface area contributed by atoms with Crippen molar-refractivity contribution in [1.29, 1.82) is 0 Å². The van der Waals surface area contributed by atoms with Gasteiger partial charge >= 0.3 is 0 Å². The van der Waals surface area contributed by atoms with Crippen molar-refractivity contribution in [1.82, 2.24) is 0 Å². The molecule has 0 aliphatic heterocycles. The Kier molecular flexibility index (Phi) is 10.9. The number of thioether (sulfide) groups is 1. The van der Waals surface area contributed by atoms with Gasteiger partial charge in [0, 0.05) is 5.75 Å². The minimum absolute atomic E-state index is 0.600. The Morgan fingerprint density at radius 2 is 1.88 bits per heavy atom. The van der Waals surface area contributed by atoms with Crippen molar-refractivity contribution in [2.75, 3.05) is 31.8 Å². The second kappa shape index (κ2) is 12.8. The van der Waals surface area contributed by atoms with E-state index >= 15 is 0 Å². The second-order valence-electron chi connectivity index (χ2n) is 5.37. The number of aryl methyl sites for hydroxylation is 2. The molecule has 1 aromatic carbocycles. The average molecular weight is 352 g/mol. The van der Waals surface area contributed by atoms with Gasteiger partial charge in [0.25, 0.3) is 0 Å². The third-order valence-electron chi connectivity index (χ3n) is 3.32. The van der Waals surface area contributed by atoms with Crippen LogP contribution in [-0.2, 0) is 4.84 Å². The van der Waals surface area contributed by atoms with Gasteiger partial charge in [0.05, 0.1) is 12.8 Å². The van der Waals surface area contributed by atoms with Gasteiger partial charge in [-0.3, -0.25) is 0 Å². The van der Waals surface area contributed by atoms with Crippen molar-refractivity contribution in [2.45, 2.75) is 33.6 Å². The summed E-state index contributed by atoms with van der Waals surface area (Å²) in [4.78, 5) is 4.62. The van der Waals surface area contributed by atoms with E-state index in [0.717, 1.165) is 53.6 Å². The Balaban J connectivity index is 2.31. The molecule has 0 atom stereocenters. The van der Waals surface area contributed by atoms with Gasteiger partial charge < -0.3 is 14.3 Å². The van der Waals surface area contributed by atoms with Gasteiger partial charge in [0.2, 0.25) is 0 Å². The van der Waals surface area contributed by atoms with E-state index in [2.05, 4.69) is 23.8 Å². The van der Waals surface area contributed by atoms with E-state index in [1.165, 1.54) is 0 Å². The predicted octanol–water partition coefficient (Wildman–Crippen LogP) is 4.78. The first-order valence-corrected chi connectivity index (χ1v) is 9.45. The largest absolute Gasteiger partial charge is 0.493 e. The number of benzene rings is 1. The Bertz CT molecular complexity index is 506. The summed E-state index contributed by atoms with van der Waals surface area (Å²) in [6, 6.07) is 4.08. The number of unbranched alkanes of at least 4 members (excludes halogenated alkanes) is 1. The minimum atomic E-state index is 0.600. The van der Waals surface area contributed by atoms with Crippen LogP contribution >= 0.6 is 11.8 Å². The van der Waals surface area contributed by atoms with Crippen molar-refractivity contribution < 1.29 is 14.3 Å². The number of nitrogens with zero attached hydrogens (tertiary/aromatic N) is 1. The summed E-state index contributed by atoms with van der Waals surface area (Å²) in [5.74, 6) is 3.87. The van der Waals surface area contributed by atoms with E-state index in [9.17, 15) is 0 Å². The standard InChI is InChI=1S/C19H29NO3S/c1-5-6-10-22-18-14-16(2)19(17(3)15-18)23-11-7-8-12-24-13-9-20-21-4/h5-6,9,14-15H,7-8,10-13H2,1-4H3/b6-5+,20-9+. The molecule has 0 aromatic heterocycles. The minimum Gasteiger partial charge on any atom is -0.493 e. The fraction of sp³-hybridized carbons (Fsp3) is 0.526. The molecule has 0 aliphatic rings. The van der Waals surface area contributed by atoms with Crippen LogP contribution in [0.3, 0.4) is 0 Å². The maximum atomic E-state index is 5.97. The molecule has 1 rings (SSSR count). The number of ether oxygens (including phenoxy) is 2. The van der Waals surface area contributed by atoms with Gasteiger partial charge in [-0.25, -0.2) is 0 Å². The molecule has 1 aromatic rings. The van der Waals surface area contributed by atoms with Crippen molar-refractivity contribution in [3.63, 3.8) is 0 Å². The summed E-state index contributed by atoms with van der Waals surface area (Å²) < 4.78 is 11.7. The molecule has 5 heteroatoms. The highest BCUT2D eigenvalue weighted by atomic mass is 32.2. The Morgan fingerprint density at radius 1 is 1.12 bits per heavy atom. The molecule has 24 heavy (non-hydrogen) atoms. The first-order valence-electron chi connectivity index (χ1n) is 8.29. The molecule has 0 aliphatic carbocycles. The SMILES string of the molecule is C/C=C/COc1cc(C)c(OCCCCSC/C=N/OC)c(C)c1. The highest BCUT2D eigenvalue weighted by Gasteiger charge is 2.07. The molecule has 0 heterocycles. The van der Waals surface area contributed by atoms with Gasteiger partial charge in [0.15, 0.2) is 0 Å². The molecule has 0 amide bonds. The summed E-state index contributed by atoms with van der Waals surface area (Å²) >= 11 is 1.85. The highest BCUT2D eigenvalue weighted by Crippen LogP contribution is 2.28. The molecule has 0 radical (unpaired) electrons. The maximum Gasteiger partial charge on any atom is 0.125 e. The molecule has 0 saturated heterocycles. The number of allylic oxidation sites excluding steroid dienone is 1. The molecular weight excluding hydrogens is 322 g/mol. The van der Waals surface area contributed by atoms with Crippen LogP contribution in [0.2, 0.25) is 0 Å². The lowest BCUT2D eigenvalue weighted by molar-refractivity contribution is 0.215. The fourth-order valence-electron chi connectivity index (χ4n) is 2.18. The lowest BCUT2D eigenvalue weighted by atomic mass is 10.1. The van der Waals surface area contributed by atoms with Crippen LogP contribution in [-0.4, -0.2) is 38.0 Å². The van der Waals surface area contributed by atoms with E-state index in [0.29, 0.717) is 6.61 Å². The third-order valence-corrected chi connectivity index (χ3v) is 4.28. The molecule has 134 valence electrons. The lowest BCUT2D eigenvalue weighted by Crippen LogP contribution is -2.02. The van der Waals surface area contributed by atoms with Crippen LogP contribution in [0, 0.1) is 13.8 Å². The first-order chi connectivity index (χ1) is 11.7. The molecule has 0 fully saturated rings. The summed E-state index contributed by atoms with van der Waals surface area (Å²) in [5.41, 5.74) is 2.24. The Hall–Kier alpha value is -1.62. The molecule has 0 spiro atoms. The second-order valence-corrected chi connectivity index (χ2v) is 6.52. The van der Waals surface area contributed by atoms with Crippen LogP contribution in [0.15, 0.2) is 29.4 Å². The van der Waals surface area contributed by atoms with Gasteiger partial charge in [-0.1, -0.05) is 17.3 Å². The molecule has 0 N–H and O–H groups in total. The zero-order chi connectivity index (χ0) is 17.6. The van der Waals surface area contributed by atoms with Gasteiger partial charge in [-0.2, -0.15) is 11.8 Å². The van der Waals surface area contributed by atoms with Crippen molar-refractivity contribution >= 4 is 18.0 Å². The van der Waals surface area contributed by atoms with Gasteiger partial charge in [-0.05, 0) is 62.6 Å². The summed E-state index contributed by atoms with van der Waals surface area (Å²) in [5, 5.41) is 3.71. The Morgan fingerprint density at radius 3 is 2.54 bits per heavy atom. The fourth-order valence-corrected chi connectivity index (χ4v) is 2.92. The van der Waals surface area contributed by atoms with Crippen LogP contribution < -0.4 is 9.47 Å². The van der Waals surface area contributed by atoms with E-state index in [1.54, 1.807) is 13.3 Å². The van der Waals surface area contributed by atoms with Gasteiger partial charge in [0.1, 0.15) is 25.2 Å². The highest BCUT2D eigenvalue weighted by molar-refractivity contribution is 7.99. The third kappa shape index (κ3) is 8.29. The molecule has 0 unspecified atom stereocenters. The Labute approximate surface area is 150 Å². The van der Waals surface area contributed by atoms with E-state index in [4.69, 9.17) is 9.47 Å². The average Bonchev–Trinajstić information content (AvgIpc) is 2.55. The lowest BCUT2D eigenvalue weighted by Gasteiger charge is -2.14. The summed E-state index contributed by atoms with van der Waals surface area (Å²) in [6.07, 6.45) is 7.95. The molecular formula is C19H29NO3S. The monoisotopic (exact) mass is 351 g/mol. The maximum absolute atomic E-state index is 5.97. The number of hydrogen-bond donors (Lipinski definition) is 0. The van der Waals surface area contributed by atoms with Crippen LogP contribution in [0.25, 0.3) is 0 Å². The van der Waals surface area contributed by atoms with Crippen molar-refractivity contribution in [2.24, 2.45) is 5.16 Å². The predicted molar refractivity (Wildman–Crippen MR) is 104 cm³/mol. The smallest absolute Gasteiger partial charge is 0.125 e. The number of oxime groups is 1. The van der Waals surface area contributed by atoms with Crippen molar-refractivity contribution in [3.05, 3.63) is 35.4 Å². The molecule has 0 saturated carbocycles. The van der Waals surface area contributed by atoms with Crippen LogP contribution in [0.4, 0.5) is 0 Å². The zero-order valence-electron chi connectivity index (χ0n) is 15.2. The van der Waals surface area contributed by atoms with Gasteiger partial charge in [-0.15, -0.1) is 0 Å². The van der Waals surface area contributed by atoms with Crippen LogP contribution in [0.1, 0.15) is 30.9 Å². The van der Waals surface area contributed by atoms with Crippen LogP contribution in [0.5, 0.6) is 11.5 Å². The topological polar surface area (TPSA) is 40.0 Å². The molecule has 0 bridgehead atoms. The number of hydrogen-bond acceptors (Lipinski definition) is 5. The zero-order valence-corrected chi connectivity index (χ0v) is 16.0. The molecule has 4 nitrogen and oxygen atoms in total. The normalized spacial score (nSPS) is 11.3. The number of rotatable bonds is 12. The van der Waals surface area contributed by atoms with E-state index < -0.39 is 0 Å². The quantitative estimate of drug-likeness (QED) is 0.235. The summed E-state index contributed by atoms with van der Waals surface area (Å²) in [7, 11) is 1.56. The van der Waals surface area contributed by atoms with Crippen molar-refractivity contribution in [3.8, 4) is 11.5 Å². The van der Waals surface area contributed by atoms with E-state index in [1.807, 2.05) is 43.0 Å². The van der Waals surface area contributed by atoms with E-state index in [-0.39, 0.29) is 0 Å². The summed E-state index contributed by atoms with van der Waals surface area (Å²) in [6.45, 7) is 7.46.